The van der Waals surface area contributed by atoms with Crippen molar-refractivity contribution in [3.05, 3.63) is 17.8 Å². The zero-order valence-corrected chi connectivity index (χ0v) is 9.55. The highest BCUT2D eigenvalue weighted by Gasteiger charge is 2.09. The number of hydrogen-bond acceptors (Lipinski definition) is 6. The summed E-state index contributed by atoms with van der Waals surface area (Å²) in [6, 6.07) is 2.60. The van der Waals surface area contributed by atoms with Gasteiger partial charge in [0.2, 0.25) is 0 Å². The van der Waals surface area contributed by atoms with Crippen LogP contribution in [0.25, 0.3) is 0 Å². The van der Waals surface area contributed by atoms with Gasteiger partial charge in [0.1, 0.15) is 5.82 Å². The number of anilines is 1. The van der Waals surface area contributed by atoms with Gasteiger partial charge in [0.25, 0.3) is 5.91 Å². The van der Waals surface area contributed by atoms with Crippen LogP contribution >= 0.6 is 0 Å². The van der Waals surface area contributed by atoms with E-state index in [1.54, 1.807) is 6.07 Å². The van der Waals surface area contributed by atoms with E-state index in [-0.39, 0.29) is 24.8 Å². The van der Waals surface area contributed by atoms with Gasteiger partial charge in [-0.2, -0.15) is 0 Å². The Hall–Kier alpha value is -1.73. The Bertz CT molecular complexity index is 351. The standard InChI is InChI=1S/C10H16N4O3/c1-2-11-10(17)8-3-4-9(14-13-8)12-7(5-15)6-16/h3-4,7,15-16H,2,5-6H2,1H3,(H,11,17)(H,12,14). The summed E-state index contributed by atoms with van der Waals surface area (Å²) in [5, 5.41) is 30.6. The molecule has 0 fully saturated rings. The highest BCUT2D eigenvalue weighted by molar-refractivity contribution is 5.92. The van der Waals surface area contributed by atoms with E-state index in [2.05, 4.69) is 20.8 Å². The molecule has 0 atom stereocenters. The van der Waals surface area contributed by atoms with Crippen LogP contribution < -0.4 is 10.6 Å². The fourth-order valence-corrected chi connectivity index (χ4v) is 1.14. The molecule has 0 aliphatic heterocycles. The van der Waals surface area contributed by atoms with Crippen LogP contribution in [-0.2, 0) is 0 Å². The lowest BCUT2D eigenvalue weighted by molar-refractivity contribution is 0.0950. The second kappa shape index (κ2) is 6.77. The van der Waals surface area contributed by atoms with Gasteiger partial charge < -0.3 is 20.8 Å². The third-order valence-electron chi connectivity index (χ3n) is 2.03. The molecule has 0 spiro atoms. The number of aliphatic hydroxyl groups is 2. The molecule has 1 aromatic rings. The smallest absolute Gasteiger partial charge is 0.271 e. The summed E-state index contributed by atoms with van der Waals surface area (Å²) in [6.07, 6.45) is 0. The van der Waals surface area contributed by atoms with E-state index in [0.29, 0.717) is 12.4 Å². The Morgan fingerprint density at radius 1 is 1.35 bits per heavy atom. The van der Waals surface area contributed by atoms with Crippen LogP contribution in [0.15, 0.2) is 12.1 Å². The summed E-state index contributed by atoms with van der Waals surface area (Å²) < 4.78 is 0. The van der Waals surface area contributed by atoms with E-state index in [1.165, 1.54) is 6.07 Å². The van der Waals surface area contributed by atoms with Crippen molar-refractivity contribution in [1.29, 1.82) is 0 Å². The van der Waals surface area contributed by atoms with E-state index in [0.717, 1.165) is 0 Å². The molecular formula is C10H16N4O3. The maximum absolute atomic E-state index is 11.4. The number of nitrogens with zero attached hydrogens (tertiary/aromatic N) is 2. The summed E-state index contributed by atoms with van der Waals surface area (Å²) in [6.45, 7) is 1.92. The Balaban J connectivity index is 2.64. The van der Waals surface area contributed by atoms with Gasteiger partial charge in [0.05, 0.1) is 19.3 Å². The normalized spacial score (nSPS) is 10.4. The average Bonchev–Trinajstić information content (AvgIpc) is 2.37. The van der Waals surface area contributed by atoms with Gasteiger partial charge in [-0.25, -0.2) is 0 Å². The lowest BCUT2D eigenvalue weighted by atomic mass is 10.3. The van der Waals surface area contributed by atoms with E-state index in [1.807, 2.05) is 6.92 Å². The molecular weight excluding hydrogens is 224 g/mol. The number of rotatable bonds is 6. The number of amides is 1. The van der Waals surface area contributed by atoms with Crippen molar-refractivity contribution in [1.82, 2.24) is 15.5 Å². The number of carbonyl (C=O) groups excluding carboxylic acids is 1. The molecule has 4 N–H and O–H groups in total. The van der Waals surface area contributed by atoms with Crippen molar-refractivity contribution in [2.24, 2.45) is 0 Å². The van der Waals surface area contributed by atoms with Crippen LogP contribution in [-0.4, -0.2) is 52.1 Å². The van der Waals surface area contributed by atoms with Crippen LogP contribution in [0, 0.1) is 0 Å². The second-order valence-corrected chi connectivity index (χ2v) is 3.37. The van der Waals surface area contributed by atoms with Crippen molar-refractivity contribution >= 4 is 11.7 Å². The number of hydrogen-bond donors (Lipinski definition) is 4. The minimum atomic E-state index is -0.486. The highest BCUT2D eigenvalue weighted by atomic mass is 16.3. The monoisotopic (exact) mass is 240 g/mol. The van der Waals surface area contributed by atoms with Crippen LogP contribution in [0.4, 0.5) is 5.82 Å². The number of aromatic nitrogens is 2. The molecule has 1 heterocycles. The summed E-state index contributed by atoms with van der Waals surface area (Å²) in [5.74, 6) is 0.110. The predicted octanol–water partition coefficient (Wildman–Crippen LogP) is -1.01. The van der Waals surface area contributed by atoms with E-state index >= 15 is 0 Å². The summed E-state index contributed by atoms with van der Waals surface area (Å²) in [7, 11) is 0. The maximum atomic E-state index is 11.4. The SMILES string of the molecule is CCNC(=O)c1ccc(NC(CO)CO)nn1. The van der Waals surface area contributed by atoms with Gasteiger partial charge in [-0.1, -0.05) is 0 Å². The molecule has 0 aliphatic carbocycles. The predicted molar refractivity (Wildman–Crippen MR) is 61.6 cm³/mol. The van der Waals surface area contributed by atoms with Crippen LogP contribution in [0.5, 0.6) is 0 Å². The second-order valence-electron chi connectivity index (χ2n) is 3.37. The Morgan fingerprint density at radius 2 is 2.06 bits per heavy atom. The molecule has 7 nitrogen and oxygen atoms in total. The summed E-state index contributed by atoms with van der Waals surface area (Å²) in [4.78, 5) is 11.4. The van der Waals surface area contributed by atoms with Gasteiger partial charge in [-0.05, 0) is 19.1 Å². The molecule has 1 rings (SSSR count). The first-order chi connectivity index (χ1) is 8.21. The van der Waals surface area contributed by atoms with Crippen LogP contribution in [0.3, 0.4) is 0 Å². The van der Waals surface area contributed by atoms with Crippen molar-refractivity contribution in [3.8, 4) is 0 Å². The molecule has 0 unspecified atom stereocenters. The molecule has 1 aromatic heterocycles. The van der Waals surface area contributed by atoms with Crippen molar-refractivity contribution in [2.45, 2.75) is 13.0 Å². The third-order valence-corrected chi connectivity index (χ3v) is 2.03. The Labute approximate surface area is 98.9 Å². The van der Waals surface area contributed by atoms with Gasteiger partial charge in [0.15, 0.2) is 5.69 Å². The molecule has 17 heavy (non-hydrogen) atoms. The average molecular weight is 240 g/mol. The zero-order valence-electron chi connectivity index (χ0n) is 9.55. The zero-order chi connectivity index (χ0) is 12.7. The minimum Gasteiger partial charge on any atom is -0.394 e. The Morgan fingerprint density at radius 3 is 2.53 bits per heavy atom. The van der Waals surface area contributed by atoms with Crippen molar-refractivity contribution in [3.63, 3.8) is 0 Å². The van der Waals surface area contributed by atoms with Crippen molar-refractivity contribution < 1.29 is 15.0 Å². The molecule has 0 saturated heterocycles. The maximum Gasteiger partial charge on any atom is 0.271 e. The number of carbonyl (C=O) groups is 1. The molecule has 0 bridgehead atoms. The lowest BCUT2D eigenvalue weighted by Crippen LogP contribution is -2.28. The molecule has 7 heteroatoms. The molecule has 0 aliphatic rings. The van der Waals surface area contributed by atoms with Gasteiger partial charge in [-0.3, -0.25) is 4.79 Å². The molecule has 0 radical (unpaired) electrons. The third kappa shape index (κ3) is 3.97. The lowest BCUT2D eigenvalue weighted by Gasteiger charge is -2.13. The van der Waals surface area contributed by atoms with Gasteiger partial charge in [-0.15, -0.1) is 10.2 Å². The summed E-state index contributed by atoms with van der Waals surface area (Å²) >= 11 is 0. The highest BCUT2D eigenvalue weighted by Crippen LogP contribution is 2.03. The summed E-state index contributed by atoms with van der Waals surface area (Å²) in [5.41, 5.74) is 0.224. The minimum absolute atomic E-state index is 0.212. The van der Waals surface area contributed by atoms with Crippen molar-refractivity contribution in [2.75, 3.05) is 25.1 Å². The molecule has 0 saturated carbocycles. The first-order valence-electron chi connectivity index (χ1n) is 5.31. The fraction of sp³-hybridized carbons (Fsp3) is 0.500. The molecule has 0 aromatic carbocycles. The molecule has 1 amide bonds. The first kappa shape index (κ1) is 13.3. The van der Waals surface area contributed by atoms with Crippen LogP contribution in [0.1, 0.15) is 17.4 Å². The topological polar surface area (TPSA) is 107 Å². The van der Waals surface area contributed by atoms with Gasteiger partial charge >= 0.3 is 0 Å². The largest absolute Gasteiger partial charge is 0.394 e. The Kier molecular flexibility index (Phi) is 5.31. The number of aliphatic hydroxyl groups excluding tert-OH is 2. The van der Waals surface area contributed by atoms with E-state index < -0.39 is 6.04 Å². The van der Waals surface area contributed by atoms with Crippen LogP contribution in [0.2, 0.25) is 0 Å². The van der Waals surface area contributed by atoms with E-state index in [9.17, 15) is 4.79 Å². The van der Waals surface area contributed by atoms with E-state index in [4.69, 9.17) is 10.2 Å². The quantitative estimate of drug-likeness (QED) is 0.507. The van der Waals surface area contributed by atoms with Gasteiger partial charge in [0, 0.05) is 6.54 Å². The fourth-order valence-electron chi connectivity index (χ4n) is 1.14. The molecule has 94 valence electrons. The number of nitrogens with one attached hydrogen (secondary N) is 2. The first-order valence-corrected chi connectivity index (χ1v) is 5.31.